The molecule has 6 heteroatoms. The van der Waals surface area contributed by atoms with Crippen molar-refractivity contribution in [2.24, 2.45) is 4.99 Å². The van der Waals surface area contributed by atoms with Gasteiger partial charge in [-0.05, 0) is 25.3 Å². The molecule has 2 N–H and O–H groups in total. The summed E-state index contributed by atoms with van der Waals surface area (Å²) in [7, 11) is 0. The van der Waals surface area contributed by atoms with Crippen LogP contribution in [-0.4, -0.2) is 24.0 Å². The van der Waals surface area contributed by atoms with Crippen molar-refractivity contribution in [1.29, 1.82) is 0 Å². The Morgan fingerprint density at radius 2 is 1.96 bits per heavy atom. The standard InChI is InChI=1S/C17H24N4S.HI/c1-3-15-12-20-16(22-15)13-21-17(18-4-2)19-11-10-14-8-6-5-7-9-14;/h5-9,12H,3-4,10-11,13H2,1-2H3,(H2,18,19,21);1H. The van der Waals surface area contributed by atoms with Crippen LogP contribution in [0, 0.1) is 0 Å². The Balaban J connectivity index is 0.00000264. The summed E-state index contributed by atoms with van der Waals surface area (Å²) in [5.74, 6) is 0.853. The van der Waals surface area contributed by atoms with Gasteiger partial charge in [-0.25, -0.2) is 9.98 Å². The summed E-state index contributed by atoms with van der Waals surface area (Å²) >= 11 is 1.74. The number of aromatic nitrogens is 1. The van der Waals surface area contributed by atoms with Gasteiger partial charge in [-0.15, -0.1) is 35.3 Å². The minimum atomic E-state index is 0. The van der Waals surface area contributed by atoms with Crippen molar-refractivity contribution >= 4 is 41.3 Å². The van der Waals surface area contributed by atoms with Gasteiger partial charge >= 0.3 is 0 Å². The topological polar surface area (TPSA) is 49.3 Å². The maximum Gasteiger partial charge on any atom is 0.191 e. The molecule has 0 fully saturated rings. The monoisotopic (exact) mass is 444 g/mol. The van der Waals surface area contributed by atoms with Gasteiger partial charge < -0.3 is 10.6 Å². The predicted molar refractivity (Wildman–Crippen MR) is 110 cm³/mol. The molecule has 0 aliphatic rings. The van der Waals surface area contributed by atoms with E-state index in [2.05, 4.69) is 58.7 Å². The van der Waals surface area contributed by atoms with Crippen LogP contribution in [0.3, 0.4) is 0 Å². The van der Waals surface area contributed by atoms with Crippen LogP contribution in [0.4, 0.5) is 0 Å². The lowest BCUT2D eigenvalue weighted by Crippen LogP contribution is -2.38. The zero-order chi connectivity index (χ0) is 15.6. The smallest absolute Gasteiger partial charge is 0.191 e. The second kappa shape index (κ2) is 11.4. The maximum absolute atomic E-state index is 4.60. The van der Waals surface area contributed by atoms with E-state index in [-0.39, 0.29) is 24.0 Å². The Labute approximate surface area is 159 Å². The molecule has 0 atom stereocenters. The van der Waals surface area contributed by atoms with E-state index in [9.17, 15) is 0 Å². The summed E-state index contributed by atoms with van der Waals surface area (Å²) in [4.78, 5) is 10.3. The minimum absolute atomic E-state index is 0. The number of nitrogens with zero attached hydrogens (tertiary/aromatic N) is 2. The Morgan fingerprint density at radius 1 is 1.17 bits per heavy atom. The van der Waals surface area contributed by atoms with Gasteiger partial charge in [0.05, 0.1) is 6.54 Å². The largest absolute Gasteiger partial charge is 0.357 e. The second-order valence-corrected chi connectivity index (χ2v) is 6.13. The molecule has 0 aliphatic heterocycles. The highest BCUT2D eigenvalue weighted by molar-refractivity contribution is 14.0. The first-order chi connectivity index (χ1) is 10.8. The highest BCUT2D eigenvalue weighted by Gasteiger charge is 2.01. The second-order valence-electron chi connectivity index (χ2n) is 4.93. The van der Waals surface area contributed by atoms with Crippen LogP contribution < -0.4 is 10.6 Å². The molecule has 0 spiro atoms. The molecule has 2 rings (SSSR count). The average molecular weight is 444 g/mol. The molecular formula is C17H25IN4S. The number of hydrogen-bond donors (Lipinski definition) is 2. The van der Waals surface area contributed by atoms with Gasteiger partial charge in [0.2, 0.25) is 0 Å². The summed E-state index contributed by atoms with van der Waals surface area (Å²) < 4.78 is 0. The van der Waals surface area contributed by atoms with E-state index in [1.807, 2.05) is 12.3 Å². The van der Waals surface area contributed by atoms with Crippen molar-refractivity contribution in [2.45, 2.75) is 33.2 Å². The van der Waals surface area contributed by atoms with Crippen LogP contribution in [0.1, 0.15) is 29.3 Å². The zero-order valence-electron chi connectivity index (χ0n) is 13.7. The molecule has 1 aromatic heterocycles. The molecule has 0 saturated heterocycles. The SMILES string of the molecule is CCNC(=NCc1ncc(CC)s1)NCCc1ccccc1.I. The van der Waals surface area contributed by atoms with Crippen molar-refractivity contribution in [2.75, 3.05) is 13.1 Å². The van der Waals surface area contributed by atoms with Crippen molar-refractivity contribution in [3.8, 4) is 0 Å². The lowest BCUT2D eigenvalue weighted by Gasteiger charge is -2.10. The summed E-state index contributed by atoms with van der Waals surface area (Å²) in [6, 6.07) is 10.5. The molecule has 23 heavy (non-hydrogen) atoms. The van der Waals surface area contributed by atoms with Gasteiger partial charge in [0.1, 0.15) is 5.01 Å². The first-order valence-electron chi connectivity index (χ1n) is 7.81. The average Bonchev–Trinajstić information content (AvgIpc) is 3.02. The van der Waals surface area contributed by atoms with Crippen molar-refractivity contribution in [1.82, 2.24) is 15.6 Å². The third-order valence-corrected chi connectivity index (χ3v) is 4.34. The quantitative estimate of drug-likeness (QED) is 0.390. The fourth-order valence-corrected chi connectivity index (χ4v) is 2.83. The predicted octanol–water partition coefficient (Wildman–Crippen LogP) is 3.62. The van der Waals surface area contributed by atoms with Crippen LogP contribution in [0.25, 0.3) is 0 Å². The number of thiazole rings is 1. The Kier molecular flexibility index (Phi) is 9.86. The third kappa shape index (κ3) is 7.30. The molecule has 0 saturated carbocycles. The van der Waals surface area contributed by atoms with Crippen LogP contribution in [0.2, 0.25) is 0 Å². The Bertz CT molecular complexity index is 583. The summed E-state index contributed by atoms with van der Waals surface area (Å²) in [5, 5.41) is 7.72. The fourth-order valence-electron chi connectivity index (χ4n) is 2.04. The fraction of sp³-hybridized carbons (Fsp3) is 0.412. The van der Waals surface area contributed by atoms with Gasteiger partial charge in [0.25, 0.3) is 0 Å². The number of nitrogens with one attached hydrogen (secondary N) is 2. The molecule has 0 unspecified atom stereocenters. The Hall–Kier alpha value is -1.15. The molecule has 0 aliphatic carbocycles. The summed E-state index contributed by atoms with van der Waals surface area (Å²) in [5.41, 5.74) is 1.33. The van der Waals surface area contributed by atoms with E-state index in [0.29, 0.717) is 6.54 Å². The van der Waals surface area contributed by atoms with E-state index in [4.69, 9.17) is 0 Å². The van der Waals surface area contributed by atoms with Gasteiger partial charge in [-0.1, -0.05) is 37.3 Å². The molecule has 0 amide bonds. The molecule has 4 nitrogen and oxygen atoms in total. The first-order valence-corrected chi connectivity index (χ1v) is 8.63. The third-order valence-electron chi connectivity index (χ3n) is 3.22. The number of rotatable bonds is 7. The normalized spacial score (nSPS) is 11.0. The van der Waals surface area contributed by atoms with Crippen LogP contribution in [-0.2, 0) is 19.4 Å². The molecule has 126 valence electrons. The van der Waals surface area contributed by atoms with Gasteiger partial charge in [0, 0.05) is 24.2 Å². The van der Waals surface area contributed by atoms with E-state index >= 15 is 0 Å². The highest BCUT2D eigenvalue weighted by atomic mass is 127. The van der Waals surface area contributed by atoms with E-state index < -0.39 is 0 Å². The van der Waals surface area contributed by atoms with E-state index in [1.54, 1.807) is 11.3 Å². The molecule has 2 aromatic rings. The van der Waals surface area contributed by atoms with Crippen molar-refractivity contribution < 1.29 is 0 Å². The van der Waals surface area contributed by atoms with Gasteiger partial charge in [0.15, 0.2) is 5.96 Å². The molecule has 0 radical (unpaired) electrons. The lowest BCUT2D eigenvalue weighted by atomic mass is 10.1. The van der Waals surface area contributed by atoms with Gasteiger partial charge in [-0.3, -0.25) is 0 Å². The lowest BCUT2D eigenvalue weighted by molar-refractivity contribution is 0.799. The van der Waals surface area contributed by atoms with Crippen molar-refractivity contribution in [3.05, 3.63) is 52.0 Å². The van der Waals surface area contributed by atoms with Gasteiger partial charge in [-0.2, -0.15) is 0 Å². The molecule has 0 bridgehead atoms. The summed E-state index contributed by atoms with van der Waals surface area (Å²) in [6.45, 7) is 6.58. The highest BCUT2D eigenvalue weighted by Crippen LogP contribution is 2.13. The van der Waals surface area contributed by atoms with Crippen LogP contribution in [0.5, 0.6) is 0 Å². The number of guanidine groups is 1. The number of aryl methyl sites for hydroxylation is 1. The number of halogens is 1. The van der Waals surface area contributed by atoms with Crippen LogP contribution >= 0.6 is 35.3 Å². The molecule has 1 aromatic carbocycles. The zero-order valence-corrected chi connectivity index (χ0v) is 16.9. The van der Waals surface area contributed by atoms with Crippen molar-refractivity contribution in [3.63, 3.8) is 0 Å². The first kappa shape index (κ1) is 19.9. The minimum Gasteiger partial charge on any atom is -0.357 e. The van der Waals surface area contributed by atoms with Crippen LogP contribution in [0.15, 0.2) is 41.5 Å². The number of benzene rings is 1. The van der Waals surface area contributed by atoms with E-state index in [0.717, 1.165) is 36.9 Å². The molecular weight excluding hydrogens is 419 g/mol. The molecule has 1 heterocycles. The number of hydrogen-bond acceptors (Lipinski definition) is 3. The van der Waals surface area contributed by atoms with E-state index in [1.165, 1.54) is 10.4 Å². The number of aliphatic imine (C=N–C) groups is 1. The Morgan fingerprint density at radius 3 is 2.61 bits per heavy atom. The maximum atomic E-state index is 4.60. The summed E-state index contributed by atoms with van der Waals surface area (Å²) in [6.07, 6.45) is 3.98.